The molecule has 7 heteroatoms. The van der Waals surface area contributed by atoms with Crippen LogP contribution in [0.25, 0.3) is 33.5 Å². The quantitative estimate of drug-likeness (QED) is 0.230. The predicted molar refractivity (Wildman–Crippen MR) is 136 cm³/mol. The third kappa shape index (κ3) is 4.22. The second kappa shape index (κ2) is 9.77. The van der Waals surface area contributed by atoms with Gasteiger partial charge in [-0.05, 0) is 55.8 Å². The van der Waals surface area contributed by atoms with E-state index < -0.39 is 0 Å². The first-order valence-corrected chi connectivity index (χ1v) is 11.1. The number of aromatic nitrogens is 4. The molecular weight excluding hydrogens is 615 g/mol. The van der Waals surface area contributed by atoms with E-state index in [4.69, 9.17) is 4.98 Å². The molecule has 35 heavy (non-hydrogen) atoms. The van der Waals surface area contributed by atoms with Crippen molar-refractivity contribution in [2.45, 2.75) is 0 Å². The van der Waals surface area contributed by atoms with Crippen LogP contribution in [0.15, 0.2) is 110 Å². The molecule has 1 aliphatic heterocycles. The SMILES string of the molecule is CN1C=CN(c2ccccn2)[CH-]1.[Pt+2].[c-]1ccccc1-n1c2ccccc2n2c3ccccc3nc12. The van der Waals surface area contributed by atoms with Gasteiger partial charge in [-0.15, -0.1) is 12.7 Å². The van der Waals surface area contributed by atoms with Crippen LogP contribution in [0, 0.1) is 12.7 Å². The topological polar surface area (TPSA) is 41.6 Å². The average molecular weight is 638 g/mol. The molecule has 0 N–H and O–H groups in total. The van der Waals surface area contributed by atoms with Crippen molar-refractivity contribution in [3.63, 3.8) is 0 Å². The van der Waals surface area contributed by atoms with Gasteiger partial charge in [0.25, 0.3) is 0 Å². The minimum Gasteiger partial charge on any atom is -0.510 e. The number of fused-ring (bicyclic) bond motifs is 5. The third-order valence-electron chi connectivity index (χ3n) is 5.72. The van der Waals surface area contributed by atoms with Crippen LogP contribution in [0.1, 0.15) is 0 Å². The molecule has 0 saturated heterocycles. The molecule has 1 aliphatic rings. The fraction of sp³-hybridized carbons (Fsp3) is 0.0357. The van der Waals surface area contributed by atoms with Gasteiger partial charge in [0, 0.05) is 6.20 Å². The van der Waals surface area contributed by atoms with Gasteiger partial charge in [0.2, 0.25) is 5.78 Å². The van der Waals surface area contributed by atoms with Gasteiger partial charge in [-0.25, -0.2) is 9.97 Å². The van der Waals surface area contributed by atoms with E-state index in [0.717, 1.165) is 39.3 Å². The summed E-state index contributed by atoms with van der Waals surface area (Å²) in [5.41, 5.74) is 5.43. The monoisotopic (exact) mass is 637 g/mol. The molecule has 3 aromatic heterocycles. The summed E-state index contributed by atoms with van der Waals surface area (Å²) in [5, 5.41) is 0. The Balaban J connectivity index is 0.000000167. The standard InChI is InChI=1S/C19H12N3.C9H10N3.Pt/c1-2-8-14(9-3-1)21-17-12-6-7-13-18(17)22-16-11-5-4-10-15(16)20-19(21)22;1-11-6-7-12(8-11)9-4-2-3-5-10-9;/h1-8,10-13H;2-8H,1H3;/q2*-1;+2. The van der Waals surface area contributed by atoms with Gasteiger partial charge in [0.15, 0.2) is 0 Å². The van der Waals surface area contributed by atoms with Crippen LogP contribution in [-0.4, -0.2) is 30.9 Å². The van der Waals surface area contributed by atoms with Crippen molar-refractivity contribution in [1.29, 1.82) is 0 Å². The summed E-state index contributed by atoms with van der Waals surface area (Å²) in [6.45, 7) is 1.97. The van der Waals surface area contributed by atoms with Crippen molar-refractivity contribution in [2.24, 2.45) is 0 Å². The second-order valence-corrected chi connectivity index (χ2v) is 7.98. The summed E-state index contributed by atoms with van der Waals surface area (Å²) in [4.78, 5) is 13.0. The molecule has 7 rings (SSSR count). The summed E-state index contributed by atoms with van der Waals surface area (Å²) in [5.74, 6) is 1.86. The molecule has 174 valence electrons. The fourth-order valence-electron chi connectivity index (χ4n) is 4.20. The van der Waals surface area contributed by atoms with Gasteiger partial charge in [-0.3, -0.25) is 4.40 Å². The van der Waals surface area contributed by atoms with Gasteiger partial charge in [0.1, 0.15) is 5.82 Å². The molecule has 0 aliphatic carbocycles. The minimum absolute atomic E-state index is 0. The zero-order valence-corrected chi connectivity index (χ0v) is 21.2. The maximum absolute atomic E-state index is 4.83. The Labute approximate surface area is 218 Å². The third-order valence-corrected chi connectivity index (χ3v) is 5.72. The van der Waals surface area contributed by atoms with Gasteiger partial charge < -0.3 is 14.4 Å². The molecule has 0 fully saturated rings. The molecular formula is C28H22N6Pt. The number of hydrogen-bond acceptors (Lipinski definition) is 4. The van der Waals surface area contributed by atoms with E-state index in [2.05, 4.69) is 68.5 Å². The zero-order chi connectivity index (χ0) is 22.9. The fourth-order valence-corrected chi connectivity index (χ4v) is 4.20. The van der Waals surface area contributed by atoms with Crippen molar-refractivity contribution in [3.05, 3.63) is 122 Å². The number of hydrogen-bond donors (Lipinski definition) is 0. The average Bonchev–Trinajstić information content (AvgIpc) is 3.58. The summed E-state index contributed by atoms with van der Waals surface area (Å²) in [6, 6.07) is 33.8. The van der Waals surface area contributed by atoms with E-state index in [1.807, 2.05) is 78.4 Å². The first-order valence-electron chi connectivity index (χ1n) is 11.1. The molecule has 0 radical (unpaired) electrons. The summed E-state index contributed by atoms with van der Waals surface area (Å²) >= 11 is 0. The molecule has 0 saturated carbocycles. The Morgan fingerprint density at radius 3 is 2.23 bits per heavy atom. The number of anilines is 1. The van der Waals surface area contributed by atoms with Crippen LogP contribution in [-0.2, 0) is 21.1 Å². The van der Waals surface area contributed by atoms with E-state index >= 15 is 0 Å². The largest absolute Gasteiger partial charge is 2.00 e. The summed E-state index contributed by atoms with van der Waals surface area (Å²) in [7, 11) is 1.99. The molecule has 6 aromatic rings. The summed E-state index contributed by atoms with van der Waals surface area (Å²) < 4.78 is 4.38. The first-order chi connectivity index (χ1) is 16.8. The first kappa shape index (κ1) is 22.9. The Bertz CT molecular complexity index is 1600. The van der Waals surface area contributed by atoms with Crippen molar-refractivity contribution in [2.75, 3.05) is 11.9 Å². The normalized spacial score (nSPS) is 12.7. The van der Waals surface area contributed by atoms with Crippen LogP contribution in [0.3, 0.4) is 0 Å². The number of nitrogens with zero attached hydrogens (tertiary/aromatic N) is 6. The van der Waals surface area contributed by atoms with Gasteiger partial charge in [-0.1, -0.05) is 36.0 Å². The molecule has 0 amide bonds. The van der Waals surface area contributed by atoms with Crippen LogP contribution < -0.4 is 4.90 Å². The number of imidazole rings is 2. The van der Waals surface area contributed by atoms with Crippen LogP contribution in [0.5, 0.6) is 0 Å². The van der Waals surface area contributed by atoms with E-state index in [-0.39, 0.29) is 21.1 Å². The molecule has 0 atom stereocenters. The number of rotatable bonds is 2. The predicted octanol–water partition coefficient (Wildman–Crippen LogP) is 5.65. The molecule has 0 unspecified atom stereocenters. The van der Waals surface area contributed by atoms with Gasteiger partial charge in [0.05, 0.1) is 22.1 Å². The molecule has 0 spiro atoms. The second-order valence-electron chi connectivity index (χ2n) is 7.98. The maximum Gasteiger partial charge on any atom is 2.00 e. The molecule has 3 aromatic carbocycles. The van der Waals surface area contributed by atoms with Crippen molar-refractivity contribution < 1.29 is 21.1 Å². The Hall–Kier alpha value is -3.89. The maximum atomic E-state index is 4.83. The van der Waals surface area contributed by atoms with Crippen LogP contribution >= 0.6 is 0 Å². The molecule has 4 heterocycles. The van der Waals surface area contributed by atoms with Crippen LogP contribution in [0.2, 0.25) is 0 Å². The van der Waals surface area contributed by atoms with Crippen molar-refractivity contribution >= 4 is 33.7 Å². The summed E-state index contributed by atoms with van der Waals surface area (Å²) in [6.07, 6.45) is 5.74. The number of benzene rings is 3. The smallest absolute Gasteiger partial charge is 0.510 e. The van der Waals surface area contributed by atoms with E-state index in [9.17, 15) is 0 Å². The van der Waals surface area contributed by atoms with E-state index in [1.165, 1.54) is 0 Å². The number of pyridine rings is 1. The Morgan fingerprint density at radius 2 is 1.51 bits per heavy atom. The molecule has 6 nitrogen and oxygen atoms in total. The van der Waals surface area contributed by atoms with Crippen LogP contribution in [0.4, 0.5) is 5.82 Å². The van der Waals surface area contributed by atoms with Gasteiger partial charge in [-0.2, -0.15) is 24.3 Å². The Morgan fingerprint density at radius 1 is 0.771 bits per heavy atom. The van der Waals surface area contributed by atoms with Gasteiger partial charge >= 0.3 is 21.1 Å². The Kier molecular flexibility index (Phi) is 6.38. The van der Waals surface area contributed by atoms with Crippen molar-refractivity contribution in [1.82, 2.24) is 23.8 Å². The van der Waals surface area contributed by atoms with Crippen molar-refractivity contribution in [3.8, 4) is 5.69 Å². The number of para-hydroxylation sites is 5. The van der Waals surface area contributed by atoms with E-state index in [1.54, 1.807) is 6.20 Å². The van der Waals surface area contributed by atoms with E-state index in [0.29, 0.717) is 0 Å². The molecule has 0 bridgehead atoms. The zero-order valence-electron chi connectivity index (χ0n) is 19.0. The minimum atomic E-state index is 0.